The summed E-state index contributed by atoms with van der Waals surface area (Å²) in [6, 6.07) is 17.7. The largest absolute Gasteiger partial charge is 0.481 e. The van der Waals surface area contributed by atoms with Gasteiger partial charge in [0, 0.05) is 24.2 Å². The van der Waals surface area contributed by atoms with Gasteiger partial charge in [0.1, 0.15) is 17.1 Å². The quantitative estimate of drug-likeness (QED) is 0.711. The number of ether oxygens (including phenoxy) is 1. The van der Waals surface area contributed by atoms with E-state index >= 15 is 0 Å². The zero-order valence-corrected chi connectivity index (χ0v) is 16.1. The summed E-state index contributed by atoms with van der Waals surface area (Å²) < 4.78 is 5.83. The molecule has 144 valence electrons. The average Bonchev–Trinajstić information content (AvgIpc) is 2.74. The van der Waals surface area contributed by atoms with Crippen LogP contribution in [0.1, 0.15) is 24.8 Å². The van der Waals surface area contributed by atoms with E-state index in [4.69, 9.17) is 9.72 Å². The van der Waals surface area contributed by atoms with Crippen LogP contribution in [0.5, 0.6) is 5.75 Å². The summed E-state index contributed by atoms with van der Waals surface area (Å²) in [5.74, 6) is 1.43. The van der Waals surface area contributed by atoms with Gasteiger partial charge in [-0.1, -0.05) is 29.8 Å². The van der Waals surface area contributed by atoms with Crippen molar-refractivity contribution in [3.05, 3.63) is 60.2 Å². The van der Waals surface area contributed by atoms with Gasteiger partial charge >= 0.3 is 0 Å². The molecule has 0 saturated carbocycles. The van der Waals surface area contributed by atoms with Crippen LogP contribution in [0.15, 0.2) is 54.6 Å². The Balaban J connectivity index is 1.48. The highest BCUT2D eigenvalue weighted by Gasteiger charge is 2.14. The molecule has 0 bridgehead atoms. The summed E-state index contributed by atoms with van der Waals surface area (Å²) in [4.78, 5) is 19.4. The van der Waals surface area contributed by atoms with E-state index in [2.05, 4.69) is 22.3 Å². The number of nitrogens with one attached hydrogen (secondary N) is 1. The molecule has 4 rings (SSSR count). The second-order valence-corrected chi connectivity index (χ2v) is 7.25. The van der Waals surface area contributed by atoms with Gasteiger partial charge in [-0.25, -0.2) is 4.98 Å². The number of amides is 1. The Morgan fingerprint density at radius 2 is 1.82 bits per heavy atom. The molecule has 1 N–H and O–H groups in total. The summed E-state index contributed by atoms with van der Waals surface area (Å²) in [5, 5.41) is 3.87. The molecular weight excluding hydrogens is 350 g/mol. The number of fused-ring (bicyclic) bond motifs is 1. The monoisotopic (exact) mass is 375 g/mol. The Hall–Kier alpha value is -3.08. The zero-order chi connectivity index (χ0) is 19.3. The van der Waals surface area contributed by atoms with Gasteiger partial charge in [-0.05, 0) is 56.5 Å². The molecule has 0 radical (unpaired) electrons. The predicted molar refractivity (Wildman–Crippen MR) is 113 cm³/mol. The van der Waals surface area contributed by atoms with Crippen molar-refractivity contribution >= 4 is 28.3 Å². The van der Waals surface area contributed by atoms with Crippen molar-refractivity contribution in [3.8, 4) is 5.75 Å². The van der Waals surface area contributed by atoms with Gasteiger partial charge in [0.25, 0.3) is 5.91 Å². The molecule has 0 unspecified atom stereocenters. The van der Waals surface area contributed by atoms with E-state index in [1.54, 1.807) is 0 Å². The van der Waals surface area contributed by atoms with Gasteiger partial charge in [0.2, 0.25) is 0 Å². The Labute approximate surface area is 165 Å². The molecule has 1 amide bonds. The molecular formula is C23H25N3O2. The number of carbonyl (C=O) groups is 1. The van der Waals surface area contributed by atoms with Crippen molar-refractivity contribution in [3.63, 3.8) is 0 Å². The second kappa shape index (κ2) is 8.30. The molecule has 0 atom stereocenters. The van der Waals surface area contributed by atoms with Crippen LogP contribution in [0.2, 0.25) is 0 Å². The maximum absolute atomic E-state index is 12.3. The minimum Gasteiger partial charge on any atom is -0.481 e. The number of aryl methyl sites for hydroxylation is 1. The first-order chi connectivity index (χ1) is 13.7. The lowest BCUT2D eigenvalue weighted by Gasteiger charge is -2.28. The average molecular weight is 375 g/mol. The van der Waals surface area contributed by atoms with Crippen LogP contribution in [0.3, 0.4) is 0 Å². The summed E-state index contributed by atoms with van der Waals surface area (Å²) in [6.07, 6.45) is 3.70. The maximum Gasteiger partial charge on any atom is 0.262 e. The molecule has 1 fully saturated rings. The fourth-order valence-electron chi connectivity index (χ4n) is 3.50. The summed E-state index contributed by atoms with van der Waals surface area (Å²) >= 11 is 0. The van der Waals surface area contributed by atoms with E-state index in [0.717, 1.165) is 41.1 Å². The van der Waals surface area contributed by atoms with Gasteiger partial charge in [-0.2, -0.15) is 0 Å². The van der Waals surface area contributed by atoms with Crippen LogP contribution in [-0.2, 0) is 4.79 Å². The number of nitrogens with zero attached hydrogens (tertiary/aromatic N) is 2. The second-order valence-electron chi connectivity index (χ2n) is 7.25. The van der Waals surface area contributed by atoms with Crippen molar-refractivity contribution in [2.24, 2.45) is 0 Å². The van der Waals surface area contributed by atoms with E-state index < -0.39 is 0 Å². The van der Waals surface area contributed by atoms with E-state index in [9.17, 15) is 4.79 Å². The normalized spacial score (nSPS) is 14.1. The van der Waals surface area contributed by atoms with Crippen LogP contribution in [0.4, 0.5) is 11.5 Å². The maximum atomic E-state index is 12.3. The minimum atomic E-state index is -0.187. The van der Waals surface area contributed by atoms with Gasteiger partial charge in [-0.15, -0.1) is 0 Å². The van der Waals surface area contributed by atoms with Crippen LogP contribution >= 0.6 is 0 Å². The van der Waals surface area contributed by atoms with Crippen molar-refractivity contribution < 1.29 is 9.53 Å². The third-order valence-electron chi connectivity index (χ3n) is 5.04. The van der Waals surface area contributed by atoms with Gasteiger partial charge in [-0.3, -0.25) is 4.79 Å². The number of rotatable bonds is 5. The minimum absolute atomic E-state index is 0.0530. The number of para-hydroxylation sites is 1. The van der Waals surface area contributed by atoms with Crippen LogP contribution in [0, 0.1) is 6.92 Å². The zero-order valence-electron chi connectivity index (χ0n) is 16.1. The summed E-state index contributed by atoms with van der Waals surface area (Å²) in [6.45, 7) is 4.05. The third kappa shape index (κ3) is 4.25. The highest BCUT2D eigenvalue weighted by Crippen LogP contribution is 2.27. The van der Waals surface area contributed by atoms with E-state index in [1.165, 1.54) is 19.3 Å². The van der Waals surface area contributed by atoms with Crippen molar-refractivity contribution in [2.75, 3.05) is 29.9 Å². The fourth-order valence-corrected chi connectivity index (χ4v) is 3.50. The Morgan fingerprint density at radius 1 is 1.04 bits per heavy atom. The fraction of sp³-hybridized carbons (Fsp3) is 0.304. The highest BCUT2D eigenvalue weighted by atomic mass is 16.5. The number of aromatic nitrogens is 1. The van der Waals surface area contributed by atoms with Gasteiger partial charge in [0.15, 0.2) is 6.61 Å². The van der Waals surface area contributed by atoms with Crippen molar-refractivity contribution in [1.82, 2.24) is 4.98 Å². The van der Waals surface area contributed by atoms with Crippen molar-refractivity contribution in [2.45, 2.75) is 26.2 Å². The number of carbonyl (C=O) groups excluding carboxylic acids is 1. The van der Waals surface area contributed by atoms with E-state index in [1.807, 2.05) is 49.4 Å². The standard InChI is InChI=1S/C23H25N3O2/c1-17-8-11-19(12-9-17)24-22(27)16-28-20-7-5-6-18-10-13-21(25-23(18)20)26-14-3-2-4-15-26/h5-13H,2-4,14-16H2,1H3,(H,24,27). The van der Waals surface area contributed by atoms with Crippen LogP contribution < -0.4 is 15.0 Å². The van der Waals surface area contributed by atoms with Crippen LogP contribution in [-0.4, -0.2) is 30.6 Å². The molecule has 3 aromatic rings. The number of piperidine rings is 1. The lowest BCUT2D eigenvalue weighted by atomic mass is 10.1. The summed E-state index contributed by atoms with van der Waals surface area (Å²) in [7, 11) is 0. The molecule has 5 heteroatoms. The molecule has 1 aromatic heterocycles. The highest BCUT2D eigenvalue weighted by molar-refractivity contribution is 5.92. The molecule has 0 aliphatic carbocycles. The number of benzene rings is 2. The molecule has 0 spiro atoms. The topological polar surface area (TPSA) is 54.5 Å². The Bertz CT molecular complexity index is 963. The first-order valence-electron chi connectivity index (χ1n) is 9.83. The number of pyridine rings is 1. The molecule has 28 heavy (non-hydrogen) atoms. The Kier molecular flexibility index (Phi) is 5.42. The van der Waals surface area contributed by atoms with Crippen LogP contribution in [0.25, 0.3) is 10.9 Å². The molecule has 1 aliphatic rings. The van der Waals surface area contributed by atoms with Gasteiger partial charge < -0.3 is 15.0 Å². The molecule has 5 nitrogen and oxygen atoms in total. The van der Waals surface area contributed by atoms with E-state index in [-0.39, 0.29) is 12.5 Å². The third-order valence-corrected chi connectivity index (χ3v) is 5.04. The van der Waals surface area contributed by atoms with E-state index in [0.29, 0.717) is 5.75 Å². The first kappa shape index (κ1) is 18.3. The smallest absolute Gasteiger partial charge is 0.262 e. The number of hydrogen-bond acceptors (Lipinski definition) is 4. The molecule has 1 saturated heterocycles. The molecule has 2 heterocycles. The Morgan fingerprint density at radius 3 is 2.61 bits per heavy atom. The number of anilines is 2. The SMILES string of the molecule is Cc1ccc(NC(=O)COc2cccc3ccc(N4CCCCC4)nc23)cc1. The number of hydrogen-bond donors (Lipinski definition) is 1. The van der Waals surface area contributed by atoms with Gasteiger partial charge in [0.05, 0.1) is 0 Å². The van der Waals surface area contributed by atoms with Crippen molar-refractivity contribution in [1.29, 1.82) is 0 Å². The predicted octanol–water partition coefficient (Wildman–Crippen LogP) is 4.55. The molecule has 1 aliphatic heterocycles. The first-order valence-corrected chi connectivity index (χ1v) is 9.83. The summed E-state index contributed by atoms with van der Waals surface area (Å²) in [5.41, 5.74) is 2.72. The lowest BCUT2D eigenvalue weighted by Crippen LogP contribution is -2.30. The molecule has 2 aromatic carbocycles. The lowest BCUT2D eigenvalue weighted by molar-refractivity contribution is -0.118.